The highest BCUT2D eigenvalue weighted by Crippen LogP contribution is 2.11. The first-order valence-corrected chi connectivity index (χ1v) is 6.40. The van der Waals surface area contributed by atoms with E-state index in [1.165, 1.54) is 17.2 Å². The summed E-state index contributed by atoms with van der Waals surface area (Å²) in [7, 11) is 0. The Kier molecular flexibility index (Phi) is 6.15. The monoisotopic (exact) mass is 246 g/mol. The predicted molar refractivity (Wildman–Crippen MR) is 75.1 cm³/mol. The third-order valence-electron chi connectivity index (χ3n) is 3.05. The third-order valence-corrected chi connectivity index (χ3v) is 3.05. The summed E-state index contributed by atoms with van der Waals surface area (Å²) in [5.74, 6) is -0.132. The Bertz CT molecular complexity index is 397. The van der Waals surface area contributed by atoms with Gasteiger partial charge in [-0.1, -0.05) is 44.7 Å². The molecule has 0 bridgehead atoms. The van der Waals surface area contributed by atoms with Crippen molar-refractivity contribution in [2.45, 2.75) is 26.9 Å². The molecule has 0 heterocycles. The lowest BCUT2D eigenvalue weighted by Crippen LogP contribution is -2.25. The van der Waals surface area contributed by atoms with E-state index in [9.17, 15) is 4.79 Å². The summed E-state index contributed by atoms with van der Waals surface area (Å²) in [5, 5.41) is 2.82. The van der Waals surface area contributed by atoms with Crippen molar-refractivity contribution in [1.82, 2.24) is 10.2 Å². The average Bonchev–Trinajstić information content (AvgIpc) is 2.43. The molecule has 0 spiro atoms. The van der Waals surface area contributed by atoms with Gasteiger partial charge in [-0.2, -0.15) is 0 Å². The van der Waals surface area contributed by atoms with Gasteiger partial charge in [0.25, 0.3) is 0 Å². The Balaban J connectivity index is 2.72. The van der Waals surface area contributed by atoms with Gasteiger partial charge < -0.3 is 5.32 Å². The zero-order valence-electron chi connectivity index (χ0n) is 11.3. The Morgan fingerprint density at radius 1 is 1.28 bits per heavy atom. The van der Waals surface area contributed by atoms with Gasteiger partial charge in [0.1, 0.15) is 0 Å². The van der Waals surface area contributed by atoms with Crippen LogP contribution in [0.4, 0.5) is 0 Å². The lowest BCUT2D eigenvalue weighted by molar-refractivity contribution is -0.116. The van der Waals surface area contributed by atoms with Crippen LogP contribution in [0.25, 0.3) is 0 Å². The maximum atomic E-state index is 11.2. The number of rotatable bonds is 7. The van der Waals surface area contributed by atoms with Crippen molar-refractivity contribution in [2.24, 2.45) is 0 Å². The van der Waals surface area contributed by atoms with Crippen molar-refractivity contribution in [2.75, 3.05) is 13.1 Å². The van der Waals surface area contributed by atoms with Crippen LogP contribution in [0.5, 0.6) is 0 Å². The van der Waals surface area contributed by atoms with E-state index in [0.717, 1.165) is 19.6 Å². The Morgan fingerprint density at radius 2 is 1.89 bits per heavy atom. The number of hydrogen-bond donors (Lipinski definition) is 1. The average molecular weight is 246 g/mol. The van der Waals surface area contributed by atoms with Crippen molar-refractivity contribution in [3.05, 3.63) is 48.0 Å². The molecule has 0 atom stereocenters. The number of carbonyl (C=O) groups excluding carboxylic acids is 1. The molecule has 0 unspecified atom stereocenters. The van der Waals surface area contributed by atoms with E-state index in [0.29, 0.717) is 6.54 Å². The number of benzene rings is 1. The Labute approximate surface area is 109 Å². The fraction of sp³-hybridized carbons (Fsp3) is 0.400. The summed E-state index contributed by atoms with van der Waals surface area (Å²) in [4.78, 5) is 13.5. The standard InChI is InChI=1S/C15H22N2O/c1-4-15(18)16-11-13-9-7-8-10-14(13)12-17(5-2)6-3/h4,7-10H,1,5-6,11-12H2,2-3H3,(H,16,18). The smallest absolute Gasteiger partial charge is 0.243 e. The maximum absolute atomic E-state index is 11.2. The summed E-state index contributed by atoms with van der Waals surface area (Å²) < 4.78 is 0. The highest BCUT2D eigenvalue weighted by atomic mass is 16.1. The SMILES string of the molecule is C=CC(=O)NCc1ccccc1CN(CC)CC. The Hall–Kier alpha value is -1.61. The van der Waals surface area contributed by atoms with Crippen LogP contribution in [0.3, 0.4) is 0 Å². The van der Waals surface area contributed by atoms with Gasteiger partial charge in [0.05, 0.1) is 0 Å². The molecule has 3 heteroatoms. The normalized spacial score (nSPS) is 10.4. The minimum atomic E-state index is -0.132. The first-order chi connectivity index (χ1) is 8.71. The molecule has 98 valence electrons. The van der Waals surface area contributed by atoms with Crippen LogP contribution in [0.2, 0.25) is 0 Å². The molecule has 1 aromatic rings. The molecular formula is C15H22N2O. The number of amides is 1. The van der Waals surface area contributed by atoms with Crippen molar-refractivity contribution >= 4 is 5.91 Å². The molecule has 0 aliphatic carbocycles. The van der Waals surface area contributed by atoms with Crippen LogP contribution in [0, 0.1) is 0 Å². The van der Waals surface area contributed by atoms with Crippen LogP contribution in [-0.2, 0) is 17.9 Å². The molecule has 0 saturated carbocycles. The van der Waals surface area contributed by atoms with Gasteiger partial charge in [-0.15, -0.1) is 0 Å². The van der Waals surface area contributed by atoms with Crippen molar-refractivity contribution in [1.29, 1.82) is 0 Å². The lowest BCUT2D eigenvalue weighted by atomic mass is 10.1. The van der Waals surface area contributed by atoms with E-state index in [4.69, 9.17) is 0 Å². The second-order valence-electron chi connectivity index (χ2n) is 4.15. The minimum absolute atomic E-state index is 0.132. The highest BCUT2D eigenvalue weighted by Gasteiger charge is 2.06. The van der Waals surface area contributed by atoms with E-state index in [1.54, 1.807) is 0 Å². The maximum Gasteiger partial charge on any atom is 0.243 e. The first kappa shape index (κ1) is 14.5. The van der Waals surface area contributed by atoms with Gasteiger partial charge in [-0.25, -0.2) is 0 Å². The van der Waals surface area contributed by atoms with Gasteiger partial charge in [0.15, 0.2) is 0 Å². The molecule has 0 fully saturated rings. The van der Waals surface area contributed by atoms with Crippen LogP contribution >= 0.6 is 0 Å². The highest BCUT2D eigenvalue weighted by molar-refractivity contribution is 5.86. The topological polar surface area (TPSA) is 32.3 Å². The zero-order valence-corrected chi connectivity index (χ0v) is 11.3. The fourth-order valence-electron chi connectivity index (χ4n) is 1.83. The van der Waals surface area contributed by atoms with Gasteiger partial charge >= 0.3 is 0 Å². The second-order valence-corrected chi connectivity index (χ2v) is 4.15. The number of carbonyl (C=O) groups is 1. The van der Waals surface area contributed by atoms with E-state index >= 15 is 0 Å². The molecule has 1 amide bonds. The molecular weight excluding hydrogens is 224 g/mol. The fourth-order valence-corrected chi connectivity index (χ4v) is 1.83. The summed E-state index contributed by atoms with van der Waals surface area (Å²) in [6.45, 7) is 11.3. The second kappa shape index (κ2) is 7.67. The summed E-state index contributed by atoms with van der Waals surface area (Å²) in [6.07, 6.45) is 1.30. The largest absolute Gasteiger partial charge is 0.348 e. The van der Waals surface area contributed by atoms with E-state index in [-0.39, 0.29) is 5.91 Å². The lowest BCUT2D eigenvalue weighted by Gasteiger charge is -2.20. The third kappa shape index (κ3) is 4.34. The number of nitrogens with one attached hydrogen (secondary N) is 1. The molecule has 3 nitrogen and oxygen atoms in total. The molecule has 0 aliphatic rings. The van der Waals surface area contributed by atoms with Crippen molar-refractivity contribution in [3.63, 3.8) is 0 Å². The number of nitrogens with zero attached hydrogens (tertiary/aromatic N) is 1. The quantitative estimate of drug-likeness (QED) is 0.749. The molecule has 18 heavy (non-hydrogen) atoms. The molecule has 1 N–H and O–H groups in total. The molecule has 1 rings (SSSR count). The van der Waals surface area contributed by atoms with Gasteiger partial charge in [0, 0.05) is 13.1 Å². The number of hydrogen-bond acceptors (Lipinski definition) is 2. The molecule has 1 aromatic carbocycles. The van der Waals surface area contributed by atoms with E-state index in [1.807, 2.05) is 12.1 Å². The predicted octanol–water partition coefficient (Wildman–Crippen LogP) is 2.33. The van der Waals surface area contributed by atoms with Gasteiger partial charge in [0.2, 0.25) is 5.91 Å². The summed E-state index contributed by atoms with van der Waals surface area (Å²) >= 11 is 0. The van der Waals surface area contributed by atoms with Gasteiger partial charge in [-0.05, 0) is 30.3 Å². The van der Waals surface area contributed by atoms with Crippen LogP contribution in [0.15, 0.2) is 36.9 Å². The zero-order chi connectivity index (χ0) is 13.4. The first-order valence-electron chi connectivity index (χ1n) is 6.40. The van der Waals surface area contributed by atoms with Crippen molar-refractivity contribution < 1.29 is 4.79 Å². The van der Waals surface area contributed by atoms with Crippen LogP contribution < -0.4 is 5.32 Å². The van der Waals surface area contributed by atoms with Crippen LogP contribution in [-0.4, -0.2) is 23.9 Å². The summed E-state index contributed by atoms with van der Waals surface area (Å²) in [5.41, 5.74) is 2.44. The molecule has 0 aromatic heterocycles. The Morgan fingerprint density at radius 3 is 2.44 bits per heavy atom. The van der Waals surface area contributed by atoms with Crippen LogP contribution in [0.1, 0.15) is 25.0 Å². The molecule has 0 aliphatic heterocycles. The van der Waals surface area contributed by atoms with Crippen molar-refractivity contribution in [3.8, 4) is 0 Å². The minimum Gasteiger partial charge on any atom is -0.348 e. The summed E-state index contributed by atoms with van der Waals surface area (Å²) in [6, 6.07) is 8.22. The van der Waals surface area contributed by atoms with Gasteiger partial charge in [-0.3, -0.25) is 9.69 Å². The molecule has 0 saturated heterocycles. The molecule has 0 radical (unpaired) electrons. The van der Waals surface area contributed by atoms with E-state index < -0.39 is 0 Å². The van der Waals surface area contributed by atoms with E-state index in [2.05, 4.69) is 42.8 Å².